The number of aliphatic imine (C=N–C) groups is 1. The van der Waals surface area contributed by atoms with Crippen LogP contribution in [0, 0.1) is 5.92 Å². The van der Waals surface area contributed by atoms with Gasteiger partial charge in [0, 0.05) is 13.2 Å². The van der Waals surface area contributed by atoms with E-state index in [9.17, 15) is 10.0 Å². The van der Waals surface area contributed by atoms with Crippen molar-refractivity contribution >= 4 is 11.8 Å². The molecule has 0 aliphatic carbocycles. The van der Waals surface area contributed by atoms with E-state index in [1.807, 2.05) is 0 Å². The minimum atomic E-state index is -1.28. The standard InChI is InChI=1S/C10H19N3O4/c11-9(10(15)16)12-8-6-7(2-1-5-14)3-4-13(8)17/h7-8,14,17H,1-6H2,(H2,11,12)(H,15,16). The van der Waals surface area contributed by atoms with E-state index in [1.165, 1.54) is 0 Å². The number of amidine groups is 1. The molecule has 98 valence electrons. The van der Waals surface area contributed by atoms with E-state index in [2.05, 4.69) is 4.99 Å². The smallest absolute Gasteiger partial charge is 0.371 e. The molecule has 0 radical (unpaired) electrons. The Labute approximate surface area is 99.5 Å². The lowest BCUT2D eigenvalue weighted by molar-refractivity contribution is -0.149. The molecule has 0 saturated carbocycles. The van der Waals surface area contributed by atoms with Crippen molar-refractivity contribution < 1.29 is 20.2 Å². The number of aliphatic hydroxyl groups is 1. The summed E-state index contributed by atoms with van der Waals surface area (Å²) in [7, 11) is 0. The van der Waals surface area contributed by atoms with Crippen molar-refractivity contribution in [1.82, 2.24) is 5.06 Å². The molecule has 17 heavy (non-hydrogen) atoms. The molecule has 1 aliphatic heterocycles. The van der Waals surface area contributed by atoms with Crippen LogP contribution in [0.15, 0.2) is 4.99 Å². The Morgan fingerprint density at radius 2 is 2.24 bits per heavy atom. The maximum atomic E-state index is 10.5. The number of hydrogen-bond donors (Lipinski definition) is 4. The zero-order valence-electron chi connectivity index (χ0n) is 9.62. The SMILES string of the molecule is N/C(=N\C1CC(CCCO)CCN1O)C(=O)O. The number of carboxylic acids is 1. The van der Waals surface area contributed by atoms with Gasteiger partial charge >= 0.3 is 5.97 Å². The third-order valence-electron chi connectivity index (χ3n) is 2.93. The minimum absolute atomic E-state index is 0.143. The van der Waals surface area contributed by atoms with Crippen molar-refractivity contribution in [1.29, 1.82) is 0 Å². The Morgan fingerprint density at radius 1 is 1.53 bits per heavy atom. The predicted octanol–water partition coefficient (Wildman–Crippen LogP) is -0.372. The van der Waals surface area contributed by atoms with Crippen LogP contribution in [-0.4, -0.2) is 51.6 Å². The second kappa shape index (κ2) is 6.53. The Morgan fingerprint density at radius 3 is 2.82 bits per heavy atom. The van der Waals surface area contributed by atoms with Crippen LogP contribution >= 0.6 is 0 Å². The summed E-state index contributed by atoms with van der Waals surface area (Å²) in [5.41, 5.74) is 5.23. The molecule has 1 aliphatic rings. The van der Waals surface area contributed by atoms with E-state index in [1.54, 1.807) is 0 Å². The highest BCUT2D eigenvalue weighted by atomic mass is 16.5. The van der Waals surface area contributed by atoms with Gasteiger partial charge in [0.2, 0.25) is 5.84 Å². The van der Waals surface area contributed by atoms with Crippen LogP contribution in [0.2, 0.25) is 0 Å². The summed E-state index contributed by atoms with van der Waals surface area (Å²) in [5, 5.41) is 28.0. The van der Waals surface area contributed by atoms with E-state index < -0.39 is 18.0 Å². The molecule has 1 saturated heterocycles. The van der Waals surface area contributed by atoms with Crippen molar-refractivity contribution in [3.63, 3.8) is 0 Å². The molecule has 0 bridgehead atoms. The number of hydroxylamine groups is 2. The molecule has 1 heterocycles. The average molecular weight is 245 g/mol. The van der Waals surface area contributed by atoms with Crippen LogP contribution < -0.4 is 5.73 Å². The summed E-state index contributed by atoms with van der Waals surface area (Å²) in [6, 6.07) is 0. The quantitative estimate of drug-likeness (QED) is 0.396. The first kappa shape index (κ1) is 13.9. The number of rotatable bonds is 4. The first-order chi connectivity index (χ1) is 8.04. The molecule has 2 atom stereocenters. The zero-order chi connectivity index (χ0) is 12.8. The van der Waals surface area contributed by atoms with Gasteiger partial charge in [-0.15, -0.1) is 0 Å². The van der Waals surface area contributed by atoms with Crippen LogP contribution in [0.4, 0.5) is 0 Å². The number of hydrogen-bond acceptors (Lipinski definition) is 5. The number of piperidine rings is 1. The maximum Gasteiger partial charge on any atom is 0.371 e. The van der Waals surface area contributed by atoms with Gasteiger partial charge in [0.25, 0.3) is 0 Å². The normalized spacial score (nSPS) is 27.1. The molecule has 0 spiro atoms. The van der Waals surface area contributed by atoms with Crippen LogP contribution in [0.5, 0.6) is 0 Å². The van der Waals surface area contributed by atoms with Gasteiger partial charge < -0.3 is 21.2 Å². The lowest BCUT2D eigenvalue weighted by Crippen LogP contribution is -2.41. The molecule has 7 heteroatoms. The average Bonchev–Trinajstić information content (AvgIpc) is 2.29. The molecule has 7 nitrogen and oxygen atoms in total. The van der Waals surface area contributed by atoms with Gasteiger partial charge in [0.15, 0.2) is 0 Å². The Bertz CT molecular complexity index is 293. The lowest BCUT2D eigenvalue weighted by Gasteiger charge is -2.33. The number of carboxylic acid groups (broad SMARTS) is 1. The Balaban J connectivity index is 2.57. The Hall–Kier alpha value is -1.18. The fourth-order valence-corrected chi connectivity index (χ4v) is 1.98. The summed E-state index contributed by atoms with van der Waals surface area (Å²) < 4.78 is 0. The van der Waals surface area contributed by atoms with E-state index in [0.717, 1.165) is 17.9 Å². The van der Waals surface area contributed by atoms with E-state index in [-0.39, 0.29) is 6.61 Å². The van der Waals surface area contributed by atoms with Gasteiger partial charge in [-0.3, -0.25) is 0 Å². The van der Waals surface area contributed by atoms with Crippen molar-refractivity contribution in [2.24, 2.45) is 16.6 Å². The lowest BCUT2D eigenvalue weighted by atomic mass is 9.91. The summed E-state index contributed by atoms with van der Waals surface area (Å²) >= 11 is 0. The van der Waals surface area contributed by atoms with E-state index in [4.69, 9.17) is 15.9 Å². The molecule has 5 N–H and O–H groups in total. The number of nitrogens with two attached hydrogens (primary N) is 1. The second-order valence-corrected chi connectivity index (χ2v) is 4.22. The van der Waals surface area contributed by atoms with Crippen molar-refractivity contribution in [3.8, 4) is 0 Å². The topological polar surface area (TPSA) is 119 Å². The monoisotopic (exact) mass is 245 g/mol. The maximum absolute atomic E-state index is 10.5. The van der Waals surface area contributed by atoms with Crippen LogP contribution in [0.1, 0.15) is 25.7 Å². The molecular formula is C10H19N3O4. The summed E-state index contributed by atoms with van der Waals surface area (Å²) in [6.45, 7) is 0.585. The Kier molecular flexibility index (Phi) is 5.33. The predicted molar refractivity (Wildman–Crippen MR) is 60.6 cm³/mol. The van der Waals surface area contributed by atoms with Crippen molar-refractivity contribution in [2.45, 2.75) is 31.8 Å². The van der Waals surface area contributed by atoms with Crippen LogP contribution in [0.25, 0.3) is 0 Å². The van der Waals surface area contributed by atoms with Crippen LogP contribution in [0.3, 0.4) is 0 Å². The van der Waals surface area contributed by atoms with Gasteiger partial charge in [-0.2, -0.15) is 5.06 Å². The highest BCUT2D eigenvalue weighted by molar-refractivity contribution is 6.33. The fourth-order valence-electron chi connectivity index (χ4n) is 1.98. The van der Waals surface area contributed by atoms with Gasteiger partial charge in [-0.25, -0.2) is 9.79 Å². The highest BCUT2D eigenvalue weighted by Crippen LogP contribution is 2.25. The molecule has 0 aromatic heterocycles. The first-order valence-electron chi connectivity index (χ1n) is 5.67. The van der Waals surface area contributed by atoms with Gasteiger partial charge in [0.05, 0.1) is 0 Å². The molecular weight excluding hydrogens is 226 g/mol. The summed E-state index contributed by atoms with van der Waals surface area (Å²) in [5.74, 6) is -1.44. The number of nitrogens with zero attached hydrogens (tertiary/aromatic N) is 2. The fraction of sp³-hybridized carbons (Fsp3) is 0.800. The largest absolute Gasteiger partial charge is 0.475 e. The van der Waals surface area contributed by atoms with E-state index in [0.29, 0.717) is 25.3 Å². The summed E-state index contributed by atoms with van der Waals surface area (Å²) in [6.07, 6.45) is 2.34. The second-order valence-electron chi connectivity index (χ2n) is 4.22. The van der Waals surface area contributed by atoms with E-state index >= 15 is 0 Å². The molecule has 1 rings (SSSR count). The van der Waals surface area contributed by atoms with Gasteiger partial charge in [-0.1, -0.05) is 0 Å². The zero-order valence-corrected chi connectivity index (χ0v) is 9.62. The third-order valence-corrected chi connectivity index (χ3v) is 2.93. The van der Waals surface area contributed by atoms with Crippen molar-refractivity contribution in [2.75, 3.05) is 13.2 Å². The molecule has 0 aromatic rings. The van der Waals surface area contributed by atoms with Gasteiger partial charge in [0.1, 0.15) is 6.17 Å². The van der Waals surface area contributed by atoms with Crippen LogP contribution in [-0.2, 0) is 4.79 Å². The first-order valence-corrected chi connectivity index (χ1v) is 5.67. The molecule has 0 amide bonds. The van der Waals surface area contributed by atoms with Gasteiger partial charge in [-0.05, 0) is 31.6 Å². The molecule has 1 fully saturated rings. The number of aliphatic carboxylic acids is 1. The highest BCUT2D eigenvalue weighted by Gasteiger charge is 2.27. The molecule has 0 aromatic carbocycles. The third kappa shape index (κ3) is 4.29. The summed E-state index contributed by atoms with van der Waals surface area (Å²) in [4.78, 5) is 14.3. The number of aliphatic hydroxyl groups excluding tert-OH is 1. The van der Waals surface area contributed by atoms with Crippen molar-refractivity contribution in [3.05, 3.63) is 0 Å². The minimum Gasteiger partial charge on any atom is -0.475 e. The number of carbonyl (C=O) groups is 1. The molecule has 2 unspecified atom stereocenters.